The molecule has 4 aromatic rings. The number of benzene rings is 1. The molecule has 0 fully saturated rings. The SMILES string of the molecule is C[C@@H](Nc1ccn2ncc(-c3cc[nH]c3)c2n1)c1cc(F)ccc1OCCF. The second kappa shape index (κ2) is 7.67. The van der Waals surface area contributed by atoms with Crippen LogP contribution in [-0.2, 0) is 0 Å². The summed E-state index contributed by atoms with van der Waals surface area (Å²) in [7, 11) is 0. The van der Waals surface area contributed by atoms with Crippen LogP contribution in [0.15, 0.2) is 55.1 Å². The van der Waals surface area contributed by atoms with Crippen molar-refractivity contribution in [3.63, 3.8) is 0 Å². The molecule has 0 unspecified atom stereocenters. The Labute approximate surface area is 160 Å². The smallest absolute Gasteiger partial charge is 0.165 e. The molecule has 6 nitrogen and oxygen atoms in total. The van der Waals surface area contributed by atoms with E-state index in [1.54, 1.807) is 23.0 Å². The molecule has 3 aromatic heterocycles. The van der Waals surface area contributed by atoms with E-state index >= 15 is 0 Å². The number of anilines is 1. The molecule has 1 atom stereocenters. The zero-order chi connectivity index (χ0) is 19.5. The van der Waals surface area contributed by atoms with Gasteiger partial charge in [0.2, 0.25) is 0 Å². The highest BCUT2D eigenvalue weighted by Gasteiger charge is 2.15. The van der Waals surface area contributed by atoms with Crippen LogP contribution in [0.4, 0.5) is 14.6 Å². The highest BCUT2D eigenvalue weighted by molar-refractivity contribution is 5.77. The van der Waals surface area contributed by atoms with Crippen molar-refractivity contribution < 1.29 is 13.5 Å². The van der Waals surface area contributed by atoms with Gasteiger partial charge in [-0.1, -0.05) is 0 Å². The molecule has 1 aromatic carbocycles. The van der Waals surface area contributed by atoms with Gasteiger partial charge in [-0.25, -0.2) is 18.3 Å². The summed E-state index contributed by atoms with van der Waals surface area (Å²) in [4.78, 5) is 7.67. The van der Waals surface area contributed by atoms with Gasteiger partial charge < -0.3 is 15.0 Å². The van der Waals surface area contributed by atoms with Gasteiger partial charge in [-0.3, -0.25) is 0 Å². The lowest BCUT2D eigenvalue weighted by molar-refractivity contribution is 0.270. The molecule has 0 spiro atoms. The molecule has 2 N–H and O–H groups in total. The lowest BCUT2D eigenvalue weighted by Crippen LogP contribution is -2.11. The van der Waals surface area contributed by atoms with Crippen molar-refractivity contribution in [3.8, 4) is 16.9 Å². The maximum absolute atomic E-state index is 13.8. The summed E-state index contributed by atoms with van der Waals surface area (Å²) < 4.78 is 33.3. The zero-order valence-corrected chi connectivity index (χ0v) is 15.2. The van der Waals surface area contributed by atoms with Crippen LogP contribution in [0.25, 0.3) is 16.8 Å². The summed E-state index contributed by atoms with van der Waals surface area (Å²) in [6.45, 7) is 1.18. The first-order valence-corrected chi connectivity index (χ1v) is 8.88. The minimum absolute atomic E-state index is 0.0780. The Hall–Kier alpha value is -3.42. The molecule has 0 saturated carbocycles. The van der Waals surface area contributed by atoms with Crippen molar-refractivity contribution in [2.45, 2.75) is 13.0 Å². The Morgan fingerprint density at radius 2 is 2.18 bits per heavy atom. The number of alkyl halides is 1. The highest BCUT2D eigenvalue weighted by atomic mass is 19.1. The molecule has 0 bridgehead atoms. The summed E-state index contributed by atoms with van der Waals surface area (Å²) in [5, 5.41) is 7.58. The lowest BCUT2D eigenvalue weighted by atomic mass is 10.1. The molecule has 0 saturated heterocycles. The standard InChI is InChI=1S/C20H19F2N5O/c1-13(16-10-15(22)2-3-18(16)28-9-6-21)25-19-5-8-27-20(26-19)17(12-24-27)14-4-7-23-11-14/h2-5,7-8,10-13,23H,6,9H2,1H3,(H,25,26)/t13-/m1/s1. The number of aromatic nitrogens is 4. The highest BCUT2D eigenvalue weighted by Crippen LogP contribution is 2.29. The average molecular weight is 383 g/mol. The van der Waals surface area contributed by atoms with E-state index in [0.717, 1.165) is 11.1 Å². The maximum Gasteiger partial charge on any atom is 0.165 e. The molecule has 0 amide bonds. The van der Waals surface area contributed by atoms with Crippen LogP contribution in [0, 0.1) is 5.82 Å². The van der Waals surface area contributed by atoms with Crippen LogP contribution in [-0.4, -0.2) is 32.9 Å². The van der Waals surface area contributed by atoms with Crippen LogP contribution in [0.3, 0.4) is 0 Å². The second-order valence-corrected chi connectivity index (χ2v) is 6.32. The van der Waals surface area contributed by atoms with Crippen LogP contribution in [0.1, 0.15) is 18.5 Å². The van der Waals surface area contributed by atoms with Gasteiger partial charge in [0.1, 0.15) is 30.7 Å². The first kappa shape index (κ1) is 18.0. The topological polar surface area (TPSA) is 67.2 Å². The average Bonchev–Trinajstić information content (AvgIpc) is 3.36. The number of hydrogen-bond acceptors (Lipinski definition) is 4. The molecule has 8 heteroatoms. The van der Waals surface area contributed by atoms with Crippen molar-refractivity contribution in [2.24, 2.45) is 0 Å². The third-order valence-electron chi connectivity index (χ3n) is 4.42. The molecule has 4 rings (SSSR count). The molecular weight excluding hydrogens is 364 g/mol. The molecule has 0 aliphatic carbocycles. The van der Waals surface area contributed by atoms with Crippen LogP contribution < -0.4 is 10.1 Å². The molecule has 3 heterocycles. The predicted molar refractivity (Wildman–Crippen MR) is 103 cm³/mol. The van der Waals surface area contributed by atoms with Gasteiger partial charge in [0.15, 0.2) is 5.65 Å². The van der Waals surface area contributed by atoms with Crippen LogP contribution in [0.5, 0.6) is 5.75 Å². The Balaban J connectivity index is 1.63. The minimum atomic E-state index is -0.611. The number of halogens is 2. The number of ether oxygens (including phenoxy) is 1. The third kappa shape index (κ3) is 3.53. The van der Waals surface area contributed by atoms with Gasteiger partial charge in [-0.05, 0) is 37.3 Å². The molecule has 0 aliphatic rings. The van der Waals surface area contributed by atoms with E-state index in [-0.39, 0.29) is 18.5 Å². The number of H-pyrrole nitrogens is 1. The van der Waals surface area contributed by atoms with Crippen molar-refractivity contribution in [1.82, 2.24) is 19.6 Å². The van der Waals surface area contributed by atoms with Crippen molar-refractivity contribution in [1.29, 1.82) is 0 Å². The van der Waals surface area contributed by atoms with E-state index in [2.05, 4.69) is 20.4 Å². The first-order valence-electron chi connectivity index (χ1n) is 8.88. The van der Waals surface area contributed by atoms with E-state index < -0.39 is 6.67 Å². The monoisotopic (exact) mass is 383 g/mol. The van der Waals surface area contributed by atoms with Gasteiger partial charge in [0.05, 0.1) is 12.2 Å². The fourth-order valence-electron chi connectivity index (χ4n) is 3.08. The van der Waals surface area contributed by atoms with Gasteiger partial charge >= 0.3 is 0 Å². The van der Waals surface area contributed by atoms with Gasteiger partial charge in [0.25, 0.3) is 0 Å². The van der Waals surface area contributed by atoms with E-state index in [9.17, 15) is 8.78 Å². The summed E-state index contributed by atoms with van der Waals surface area (Å²) in [6.07, 6.45) is 7.28. The third-order valence-corrected chi connectivity index (χ3v) is 4.42. The minimum Gasteiger partial charge on any atom is -0.490 e. The molecule has 0 aliphatic heterocycles. The lowest BCUT2D eigenvalue weighted by Gasteiger charge is -2.19. The quantitative estimate of drug-likeness (QED) is 0.497. The van der Waals surface area contributed by atoms with Gasteiger partial charge in [-0.2, -0.15) is 5.10 Å². The predicted octanol–water partition coefficient (Wildman–Crippen LogP) is 4.38. The fourth-order valence-corrected chi connectivity index (χ4v) is 3.08. The summed E-state index contributed by atoms with van der Waals surface area (Å²) in [6, 6.07) is 7.62. The maximum atomic E-state index is 13.8. The van der Waals surface area contributed by atoms with Crippen molar-refractivity contribution in [3.05, 3.63) is 66.5 Å². The molecular formula is C20H19F2N5O. The Morgan fingerprint density at radius 3 is 2.96 bits per heavy atom. The van der Waals surface area contributed by atoms with E-state index in [4.69, 9.17) is 4.74 Å². The van der Waals surface area contributed by atoms with E-state index in [1.165, 1.54) is 18.2 Å². The van der Waals surface area contributed by atoms with E-state index in [1.807, 2.05) is 25.4 Å². The number of fused-ring (bicyclic) bond motifs is 1. The second-order valence-electron chi connectivity index (χ2n) is 6.32. The number of nitrogens with one attached hydrogen (secondary N) is 2. The summed E-state index contributed by atoms with van der Waals surface area (Å²) >= 11 is 0. The molecule has 28 heavy (non-hydrogen) atoms. The number of hydrogen-bond donors (Lipinski definition) is 2. The van der Waals surface area contributed by atoms with Gasteiger partial charge in [-0.15, -0.1) is 0 Å². The van der Waals surface area contributed by atoms with Gasteiger partial charge in [0, 0.05) is 35.3 Å². The first-order chi connectivity index (χ1) is 13.7. The number of aromatic amines is 1. The number of rotatable bonds is 7. The summed E-state index contributed by atoms with van der Waals surface area (Å²) in [5.41, 5.74) is 3.18. The Morgan fingerprint density at radius 1 is 1.29 bits per heavy atom. The van der Waals surface area contributed by atoms with Crippen LogP contribution in [0.2, 0.25) is 0 Å². The largest absolute Gasteiger partial charge is 0.490 e. The van der Waals surface area contributed by atoms with Crippen molar-refractivity contribution >= 4 is 11.5 Å². The van der Waals surface area contributed by atoms with Crippen LogP contribution >= 0.6 is 0 Å². The van der Waals surface area contributed by atoms with E-state index in [0.29, 0.717) is 22.8 Å². The van der Waals surface area contributed by atoms with Crippen molar-refractivity contribution in [2.75, 3.05) is 18.6 Å². The zero-order valence-electron chi connectivity index (χ0n) is 15.2. The molecule has 0 radical (unpaired) electrons. The Bertz CT molecular complexity index is 1080. The normalized spacial score (nSPS) is 12.2. The number of nitrogens with zero attached hydrogens (tertiary/aromatic N) is 3. The molecule has 144 valence electrons. The summed E-state index contributed by atoms with van der Waals surface area (Å²) in [5.74, 6) is 0.667. The fraction of sp³-hybridized carbons (Fsp3) is 0.200. The Kier molecular flexibility index (Phi) is 4.92.